The van der Waals surface area contributed by atoms with Gasteiger partial charge in [-0.2, -0.15) is 0 Å². The summed E-state index contributed by atoms with van der Waals surface area (Å²) in [5.74, 6) is -5.82. The fourth-order valence-electron chi connectivity index (χ4n) is 2.31. The number of hydrogen-bond donors (Lipinski definition) is 1. The first kappa shape index (κ1) is 18.0. The summed E-state index contributed by atoms with van der Waals surface area (Å²) in [6.07, 6.45) is -1.59. The fourth-order valence-corrected chi connectivity index (χ4v) is 2.31. The number of alkyl halides is 2. The minimum absolute atomic E-state index is 0.418. The summed E-state index contributed by atoms with van der Waals surface area (Å²) in [4.78, 5) is 28.1. The molecule has 0 aliphatic heterocycles. The van der Waals surface area contributed by atoms with E-state index in [1.54, 1.807) is 20.8 Å². The second-order valence-corrected chi connectivity index (χ2v) is 6.60. The number of carboxylic acid groups (broad SMARTS) is 1. The average Bonchev–Trinajstić information content (AvgIpc) is 2.36. The van der Waals surface area contributed by atoms with Crippen LogP contribution in [0, 0.1) is 5.82 Å². The first-order chi connectivity index (χ1) is 10.9. The van der Waals surface area contributed by atoms with Crippen LogP contribution in [0.3, 0.4) is 0 Å². The molecule has 1 fully saturated rings. The van der Waals surface area contributed by atoms with Crippen LogP contribution >= 0.6 is 0 Å². The molecule has 6 nitrogen and oxygen atoms in total. The lowest BCUT2D eigenvalue weighted by atomic mass is 9.87. The van der Waals surface area contributed by atoms with Gasteiger partial charge in [-0.15, -0.1) is 0 Å². The molecule has 1 heterocycles. The van der Waals surface area contributed by atoms with Crippen LogP contribution in [-0.4, -0.2) is 39.7 Å². The smallest absolute Gasteiger partial charge is 0.416 e. The molecule has 1 amide bonds. The van der Waals surface area contributed by atoms with Crippen molar-refractivity contribution in [3.05, 3.63) is 23.6 Å². The molecule has 1 aromatic rings. The Bertz CT molecular complexity index is 665. The highest BCUT2D eigenvalue weighted by molar-refractivity contribution is 5.99. The van der Waals surface area contributed by atoms with E-state index in [9.17, 15) is 27.9 Å². The molecule has 24 heavy (non-hydrogen) atoms. The van der Waals surface area contributed by atoms with Crippen molar-refractivity contribution in [2.45, 2.75) is 51.2 Å². The number of amides is 1. The van der Waals surface area contributed by atoms with E-state index in [2.05, 4.69) is 4.98 Å². The maximum absolute atomic E-state index is 13.3. The molecule has 1 aromatic heterocycles. The first-order valence-corrected chi connectivity index (χ1v) is 7.18. The van der Waals surface area contributed by atoms with Gasteiger partial charge < -0.3 is 9.84 Å². The van der Waals surface area contributed by atoms with Gasteiger partial charge >= 0.3 is 12.1 Å². The normalized spacial score (nSPS) is 17.1. The van der Waals surface area contributed by atoms with E-state index in [1.807, 2.05) is 0 Å². The molecule has 9 heteroatoms. The van der Waals surface area contributed by atoms with Crippen LogP contribution in [0.25, 0.3) is 0 Å². The summed E-state index contributed by atoms with van der Waals surface area (Å²) < 4.78 is 44.9. The number of rotatable bonds is 3. The van der Waals surface area contributed by atoms with E-state index < -0.39 is 59.7 Å². The summed E-state index contributed by atoms with van der Waals surface area (Å²) in [5, 5.41) is 9.19. The second-order valence-electron chi connectivity index (χ2n) is 6.60. The number of carbonyl (C=O) groups is 2. The molecule has 132 valence electrons. The van der Waals surface area contributed by atoms with Gasteiger partial charge in [0.15, 0.2) is 5.82 Å². The van der Waals surface area contributed by atoms with Gasteiger partial charge in [0.05, 0.1) is 12.2 Å². The maximum atomic E-state index is 13.3. The third kappa shape index (κ3) is 3.95. The summed E-state index contributed by atoms with van der Waals surface area (Å²) in [5.41, 5.74) is -1.53. The Hall–Kier alpha value is -2.32. The molecular weight excluding hydrogens is 329 g/mol. The Morgan fingerprint density at radius 1 is 1.38 bits per heavy atom. The predicted octanol–water partition coefficient (Wildman–Crippen LogP) is 3.46. The van der Waals surface area contributed by atoms with E-state index >= 15 is 0 Å². The maximum Gasteiger partial charge on any atom is 0.416 e. The van der Waals surface area contributed by atoms with Crippen LogP contribution in [0.4, 0.5) is 23.8 Å². The number of carboxylic acids is 1. The zero-order valence-corrected chi connectivity index (χ0v) is 13.3. The van der Waals surface area contributed by atoms with Crippen molar-refractivity contribution in [2.24, 2.45) is 0 Å². The molecule has 0 radical (unpaired) electrons. The van der Waals surface area contributed by atoms with Gasteiger partial charge in [0.1, 0.15) is 17.0 Å². The molecule has 0 saturated heterocycles. The highest BCUT2D eigenvalue weighted by Crippen LogP contribution is 2.42. The lowest BCUT2D eigenvalue weighted by Crippen LogP contribution is -2.55. The van der Waals surface area contributed by atoms with Crippen LogP contribution < -0.4 is 4.90 Å². The molecular formula is C15H17F3N2O4. The number of ether oxygens (including phenoxy) is 1. The largest absolute Gasteiger partial charge is 0.478 e. The van der Waals surface area contributed by atoms with Crippen LogP contribution in [0.2, 0.25) is 0 Å². The number of hydrogen-bond acceptors (Lipinski definition) is 4. The lowest BCUT2D eigenvalue weighted by Gasteiger charge is -2.42. The number of carbonyl (C=O) groups excluding carboxylic acids is 1. The minimum atomic E-state index is -2.95. The lowest BCUT2D eigenvalue weighted by molar-refractivity contribution is -0.0859. The Balaban J connectivity index is 2.43. The fraction of sp³-hybridized carbons (Fsp3) is 0.533. The molecule has 1 saturated carbocycles. The van der Waals surface area contributed by atoms with E-state index in [1.165, 1.54) is 0 Å². The quantitative estimate of drug-likeness (QED) is 0.907. The minimum Gasteiger partial charge on any atom is -0.478 e. The van der Waals surface area contributed by atoms with Gasteiger partial charge in [-0.1, -0.05) is 0 Å². The summed E-state index contributed by atoms with van der Waals surface area (Å²) in [7, 11) is 0. The number of anilines is 1. The highest BCUT2D eigenvalue weighted by Gasteiger charge is 2.51. The van der Waals surface area contributed by atoms with Gasteiger partial charge in [-0.25, -0.2) is 27.7 Å². The van der Waals surface area contributed by atoms with Crippen molar-refractivity contribution >= 4 is 17.9 Å². The molecule has 1 aliphatic rings. The molecule has 0 unspecified atom stereocenters. The zero-order valence-electron chi connectivity index (χ0n) is 13.3. The van der Waals surface area contributed by atoms with Gasteiger partial charge in [-0.05, 0) is 26.8 Å². The Morgan fingerprint density at radius 3 is 2.42 bits per heavy atom. The molecule has 2 rings (SSSR count). The zero-order chi connectivity index (χ0) is 18.3. The second kappa shape index (κ2) is 5.95. The molecule has 0 bridgehead atoms. The monoisotopic (exact) mass is 346 g/mol. The van der Waals surface area contributed by atoms with Gasteiger partial charge in [0.2, 0.25) is 0 Å². The van der Waals surface area contributed by atoms with E-state index in [0.29, 0.717) is 6.07 Å². The van der Waals surface area contributed by atoms with Crippen LogP contribution in [-0.2, 0) is 4.74 Å². The van der Waals surface area contributed by atoms with Crippen molar-refractivity contribution in [1.82, 2.24) is 4.98 Å². The molecule has 1 aliphatic carbocycles. The van der Waals surface area contributed by atoms with Crippen molar-refractivity contribution in [1.29, 1.82) is 0 Å². The summed E-state index contributed by atoms with van der Waals surface area (Å²) in [6.45, 7) is 4.73. The number of halogens is 3. The standard InChI is InChI=1S/C15H17F3N2O4/c1-14(2,3)24-13(23)20(9-5-15(17,18)6-9)11-10(12(21)22)4-8(16)7-19-11/h4,7,9H,5-6H2,1-3H3,(H,21,22). The van der Waals surface area contributed by atoms with E-state index in [0.717, 1.165) is 11.1 Å². The van der Waals surface area contributed by atoms with Crippen molar-refractivity contribution in [3.63, 3.8) is 0 Å². The Kier molecular flexibility index (Phi) is 4.47. The van der Waals surface area contributed by atoms with Gasteiger partial charge in [0, 0.05) is 12.8 Å². The van der Waals surface area contributed by atoms with Crippen molar-refractivity contribution in [3.8, 4) is 0 Å². The van der Waals surface area contributed by atoms with Gasteiger partial charge in [-0.3, -0.25) is 4.90 Å². The number of pyridine rings is 1. The molecule has 0 aromatic carbocycles. The molecule has 1 N–H and O–H groups in total. The van der Waals surface area contributed by atoms with Crippen LogP contribution in [0.15, 0.2) is 12.3 Å². The van der Waals surface area contributed by atoms with Crippen molar-refractivity contribution < 1.29 is 32.6 Å². The third-order valence-corrected chi connectivity index (χ3v) is 3.32. The summed E-state index contributed by atoms with van der Waals surface area (Å²) >= 11 is 0. The number of nitrogens with zero attached hydrogens (tertiary/aromatic N) is 2. The predicted molar refractivity (Wildman–Crippen MR) is 77.8 cm³/mol. The van der Waals surface area contributed by atoms with Crippen molar-refractivity contribution in [2.75, 3.05) is 4.90 Å². The van der Waals surface area contributed by atoms with Gasteiger partial charge in [0.25, 0.3) is 5.92 Å². The van der Waals surface area contributed by atoms with E-state index in [-0.39, 0.29) is 0 Å². The average molecular weight is 346 g/mol. The first-order valence-electron chi connectivity index (χ1n) is 7.18. The Morgan fingerprint density at radius 2 is 1.96 bits per heavy atom. The topological polar surface area (TPSA) is 79.7 Å². The summed E-state index contributed by atoms with van der Waals surface area (Å²) in [6, 6.07) is -0.301. The third-order valence-electron chi connectivity index (χ3n) is 3.32. The van der Waals surface area contributed by atoms with E-state index in [4.69, 9.17) is 4.74 Å². The number of aromatic carboxylic acids is 1. The molecule has 0 spiro atoms. The Labute approximate surface area is 136 Å². The molecule has 0 atom stereocenters. The SMILES string of the molecule is CC(C)(C)OC(=O)N(c1ncc(F)cc1C(=O)O)C1CC(F)(F)C1. The highest BCUT2D eigenvalue weighted by atomic mass is 19.3. The van der Waals surface area contributed by atoms with Crippen LogP contribution in [0.5, 0.6) is 0 Å². The van der Waals surface area contributed by atoms with Crippen LogP contribution in [0.1, 0.15) is 44.0 Å². The number of aromatic nitrogens is 1.